The van der Waals surface area contributed by atoms with Gasteiger partial charge in [-0.1, -0.05) is 194 Å². The molecule has 4 heteroatoms. The molecule has 0 atom stereocenters. The summed E-state index contributed by atoms with van der Waals surface area (Å²) in [5.41, 5.74) is 10.9. The van der Waals surface area contributed by atoms with Crippen molar-refractivity contribution in [1.29, 1.82) is 0 Å². The van der Waals surface area contributed by atoms with E-state index in [-0.39, 0.29) is 0 Å². The quantitative estimate of drug-likeness (QED) is 0.168. The zero-order valence-corrected chi connectivity index (χ0v) is 35.2. The van der Waals surface area contributed by atoms with Crippen LogP contribution in [0.5, 0.6) is 0 Å². The second-order valence-corrected chi connectivity index (χ2v) is 16.8. The topological polar surface area (TPSA) is 43.6 Å². The first-order valence-corrected chi connectivity index (χ1v) is 22.1. The van der Waals surface area contributed by atoms with Crippen molar-refractivity contribution in [2.45, 2.75) is 0 Å². The van der Waals surface area contributed by atoms with E-state index in [1.54, 1.807) is 0 Å². The van der Waals surface area contributed by atoms with Crippen molar-refractivity contribution in [3.05, 3.63) is 231 Å². The minimum atomic E-state index is 0.625. The second kappa shape index (κ2) is 15.0. The van der Waals surface area contributed by atoms with E-state index in [0.29, 0.717) is 17.5 Å². The summed E-state index contributed by atoms with van der Waals surface area (Å²) in [5.74, 6) is 1.88. The number of benzene rings is 11. The molecule has 13 aromatic rings. The Labute approximate surface area is 375 Å². The number of fused-ring (bicyclic) bond motifs is 8. The van der Waals surface area contributed by atoms with E-state index in [1.165, 1.54) is 54.4 Å². The highest BCUT2D eigenvalue weighted by molar-refractivity contribution is 6.22. The van der Waals surface area contributed by atoms with Gasteiger partial charge in [-0.2, -0.15) is 0 Å². The Morgan fingerprint density at radius 2 is 0.769 bits per heavy atom. The molecule has 0 spiro atoms. The maximum Gasteiger partial charge on any atom is 0.164 e. The summed E-state index contributed by atoms with van der Waals surface area (Å²) in [6, 6.07) is 82.5. The van der Waals surface area contributed by atoms with Crippen molar-refractivity contribution in [2.75, 3.05) is 0 Å². The Hall–Kier alpha value is -8.73. The lowest BCUT2D eigenvalue weighted by atomic mass is 9.99. The van der Waals surface area contributed by atoms with Crippen LogP contribution in [-0.4, -0.2) is 19.5 Å². The van der Waals surface area contributed by atoms with Gasteiger partial charge in [0.15, 0.2) is 17.5 Å². The molecule has 0 bridgehead atoms. The van der Waals surface area contributed by atoms with Gasteiger partial charge in [0.1, 0.15) is 0 Å². The van der Waals surface area contributed by atoms with Gasteiger partial charge in [-0.25, -0.2) is 15.0 Å². The highest BCUT2D eigenvalue weighted by Gasteiger charge is 2.21. The van der Waals surface area contributed by atoms with Crippen LogP contribution in [0.3, 0.4) is 0 Å². The Balaban J connectivity index is 1.02. The van der Waals surface area contributed by atoms with E-state index in [9.17, 15) is 0 Å². The first-order chi connectivity index (χ1) is 32.2. The molecule has 65 heavy (non-hydrogen) atoms. The molecule has 0 amide bonds. The molecule has 0 aliphatic carbocycles. The third-order valence-electron chi connectivity index (χ3n) is 13.0. The molecule has 0 fully saturated rings. The lowest BCUT2D eigenvalue weighted by molar-refractivity contribution is 1.08. The summed E-state index contributed by atoms with van der Waals surface area (Å²) in [6.07, 6.45) is 0. The third kappa shape index (κ3) is 6.26. The maximum atomic E-state index is 5.29. The average Bonchev–Trinajstić information content (AvgIpc) is 3.72. The van der Waals surface area contributed by atoms with Gasteiger partial charge in [-0.15, -0.1) is 0 Å². The number of rotatable bonds is 6. The fourth-order valence-corrected chi connectivity index (χ4v) is 9.79. The van der Waals surface area contributed by atoms with Gasteiger partial charge in [-0.05, 0) is 96.4 Å². The molecule has 0 saturated heterocycles. The number of aromatic nitrogens is 4. The van der Waals surface area contributed by atoms with Gasteiger partial charge in [0, 0.05) is 32.8 Å². The highest BCUT2D eigenvalue weighted by atomic mass is 15.0. The van der Waals surface area contributed by atoms with E-state index in [2.05, 4.69) is 229 Å². The van der Waals surface area contributed by atoms with E-state index in [1.807, 2.05) is 6.07 Å². The number of hydrogen-bond acceptors (Lipinski definition) is 3. The smallest absolute Gasteiger partial charge is 0.164 e. The van der Waals surface area contributed by atoms with Crippen molar-refractivity contribution in [2.24, 2.45) is 0 Å². The highest BCUT2D eigenvalue weighted by Crippen LogP contribution is 2.42. The van der Waals surface area contributed by atoms with Crippen LogP contribution in [0.4, 0.5) is 0 Å². The molecule has 13 rings (SSSR count). The molecular formula is C61H38N4. The monoisotopic (exact) mass is 826 g/mol. The molecule has 0 aliphatic rings. The SMILES string of the molecule is c1ccc(-c2ccc(-c3nc(-c4ccc5ccccc5c4)nc(-c4ccc(-n5c6cc(-c7ccc8ccccc8c7)ccc6c6c7ccccc7ccc65)c5ccccc45)n3)cc2)cc1. The Morgan fingerprint density at radius 3 is 1.52 bits per heavy atom. The minimum absolute atomic E-state index is 0.625. The van der Waals surface area contributed by atoms with Crippen molar-refractivity contribution in [3.63, 3.8) is 0 Å². The van der Waals surface area contributed by atoms with E-state index in [4.69, 9.17) is 15.0 Å². The molecule has 0 radical (unpaired) electrons. The molecular weight excluding hydrogens is 789 g/mol. The van der Waals surface area contributed by atoms with Gasteiger partial charge in [0.05, 0.1) is 16.7 Å². The lowest BCUT2D eigenvalue weighted by Gasteiger charge is -2.16. The van der Waals surface area contributed by atoms with Gasteiger partial charge in [0.2, 0.25) is 0 Å². The third-order valence-corrected chi connectivity index (χ3v) is 13.0. The molecule has 4 nitrogen and oxygen atoms in total. The molecule has 11 aromatic carbocycles. The van der Waals surface area contributed by atoms with Crippen LogP contribution in [0.25, 0.3) is 127 Å². The van der Waals surface area contributed by atoms with Crippen LogP contribution in [-0.2, 0) is 0 Å². The van der Waals surface area contributed by atoms with Gasteiger partial charge in [0.25, 0.3) is 0 Å². The Kier molecular flexibility index (Phi) is 8.50. The number of nitrogens with zero attached hydrogens (tertiary/aromatic N) is 4. The van der Waals surface area contributed by atoms with Crippen molar-refractivity contribution < 1.29 is 0 Å². The standard InChI is InChI=1S/C61H38N4/c1-2-12-39(13-3-1)42-22-26-44(27-23-42)59-62-60(49-29-25-41-15-5-7-18-46(41)37-49)64-61(63-59)53-33-35-55(52-21-11-10-20-51(52)53)65-56-34-31-43-16-8-9-19-50(43)58(56)54-32-30-48(38-57(54)65)47-28-24-40-14-4-6-17-45(40)36-47/h1-38H. The summed E-state index contributed by atoms with van der Waals surface area (Å²) in [7, 11) is 0. The van der Waals surface area contributed by atoms with Crippen LogP contribution in [0.15, 0.2) is 231 Å². The van der Waals surface area contributed by atoms with Crippen molar-refractivity contribution in [1.82, 2.24) is 19.5 Å². The largest absolute Gasteiger partial charge is 0.309 e. The normalized spacial score (nSPS) is 11.7. The second-order valence-electron chi connectivity index (χ2n) is 16.8. The first-order valence-electron chi connectivity index (χ1n) is 22.1. The summed E-state index contributed by atoms with van der Waals surface area (Å²) >= 11 is 0. The zero-order chi connectivity index (χ0) is 42.8. The summed E-state index contributed by atoms with van der Waals surface area (Å²) < 4.78 is 2.46. The van der Waals surface area contributed by atoms with Crippen molar-refractivity contribution in [3.8, 4) is 62.1 Å². The molecule has 0 N–H and O–H groups in total. The minimum Gasteiger partial charge on any atom is -0.309 e. The van der Waals surface area contributed by atoms with Gasteiger partial charge in [-0.3, -0.25) is 0 Å². The molecule has 0 unspecified atom stereocenters. The van der Waals surface area contributed by atoms with E-state index >= 15 is 0 Å². The molecule has 302 valence electrons. The van der Waals surface area contributed by atoms with Crippen LogP contribution in [0.2, 0.25) is 0 Å². The fourth-order valence-electron chi connectivity index (χ4n) is 9.79. The Morgan fingerprint density at radius 1 is 0.262 bits per heavy atom. The van der Waals surface area contributed by atoms with E-state index < -0.39 is 0 Å². The predicted octanol–water partition coefficient (Wildman–Crippen LogP) is 15.9. The van der Waals surface area contributed by atoms with Crippen LogP contribution in [0, 0.1) is 0 Å². The summed E-state index contributed by atoms with van der Waals surface area (Å²) in [5, 5.41) is 11.9. The van der Waals surface area contributed by atoms with Gasteiger partial charge >= 0.3 is 0 Å². The summed E-state index contributed by atoms with van der Waals surface area (Å²) in [6.45, 7) is 0. The molecule has 2 aromatic heterocycles. The predicted molar refractivity (Wildman–Crippen MR) is 271 cm³/mol. The number of hydrogen-bond donors (Lipinski definition) is 0. The van der Waals surface area contributed by atoms with Gasteiger partial charge < -0.3 is 4.57 Å². The van der Waals surface area contributed by atoms with Crippen LogP contribution < -0.4 is 0 Å². The molecule has 0 aliphatic heterocycles. The van der Waals surface area contributed by atoms with E-state index in [0.717, 1.165) is 55.1 Å². The molecule has 2 heterocycles. The fraction of sp³-hybridized carbons (Fsp3) is 0. The van der Waals surface area contributed by atoms with Crippen LogP contribution >= 0.6 is 0 Å². The van der Waals surface area contributed by atoms with Crippen molar-refractivity contribution >= 4 is 64.9 Å². The molecule has 0 saturated carbocycles. The first kappa shape index (κ1) is 36.9. The zero-order valence-electron chi connectivity index (χ0n) is 35.2. The average molecular weight is 827 g/mol. The summed E-state index contributed by atoms with van der Waals surface area (Å²) in [4.78, 5) is 15.7. The maximum absolute atomic E-state index is 5.29. The lowest BCUT2D eigenvalue weighted by Crippen LogP contribution is -2.02. The Bertz CT molecular complexity index is 4000. The van der Waals surface area contributed by atoms with Crippen LogP contribution in [0.1, 0.15) is 0 Å².